The molecular weight excluding hydrogens is 252 g/mol. The highest BCUT2D eigenvalue weighted by Gasteiger charge is 2.41. The molecule has 20 heavy (non-hydrogen) atoms. The van der Waals surface area contributed by atoms with Gasteiger partial charge in [0.1, 0.15) is 0 Å². The Kier molecular flexibility index (Phi) is 4.97. The lowest BCUT2D eigenvalue weighted by atomic mass is 9.88. The first-order valence-corrected chi connectivity index (χ1v) is 8.53. The Morgan fingerprint density at radius 2 is 1.90 bits per heavy atom. The van der Waals surface area contributed by atoms with Crippen LogP contribution < -0.4 is 0 Å². The lowest BCUT2D eigenvalue weighted by molar-refractivity contribution is -0.101. The van der Waals surface area contributed by atoms with Crippen LogP contribution in [0.1, 0.15) is 44.9 Å². The number of hydrogen-bond donors (Lipinski definition) is 1. The second-order valence-corrected chi connectivity index (χ2v) is 6.84. The number of nitrogens with zero attached hydrogens (tertiary/aromatic N) is 2. The van der Waals surface area contributed by atoms with Crippen LogP contribution in [0.4, 0.5) is 0 Å². The van der Waals surface area contributed by atoms with Crippen molar-refractivity contribution in [3.8, 4) is 0 Å². The van der Waals surface area contributed by atoms with Crippen molar-refractivity contribution in [2.24, 2.45) is 0 Å². The van der Waals surface area contributed by atoms with Gasteiger partial charge in [0.15, 0.2) is 0 Å². The molecule has 0 aromatic rings. The first-order chi connectivity index (χ1) is 9.81. The van der Waals surface area contributed by atoms with Crippen LogP contribution in [-0.4, -0.2) is 72.5 Å². The van der Waals surface area contributed by atoms with Crippen molar-refractivity contribution in [1.82, 2.24) is 9.80 Å². The van der Waals surface area contributed by atoms with Crippen molar-refractivity contribution >= 4 is 0 Å². The molecule has 2 saturated heterocycles. The van der Waals surface area contributed by atoms with Crippen LogP contribution in [0, 0.1) is 0 Å². The number of aliphatic hydroxyl groups excluding tert-OH is 1. The van der Waals surface area contributed by atoms with Crippen LogP contribution >= 0.6 is 0 Å². The summed E-state index contributed by atoms with van der Waals surface area (Å²) >= 11 is 0. The highest BCUT2D eigenvalue weighted by molar-refractivity contribution is 4.94. The largest absolute Gasteiger partial charge is 0.395 e. The van der Waals surface area contributed by atoms with E-state index in [4.69, 9.17) is 9.84 Å². The topological polar surface area (TPSA) is 35.9 Å². The summed E-state index contributed by atoms with van der Waals surface area (Å²) in [5, 5.41) is 9.09. The van der Waals surface area contributed by atoms with Crippen molar-refractivity contribution in [1.29, 1.82) is 0 Å². The molecule has 4 heteroatoms. The Morgan fingerprint density at radius 3 is 2.70 bits per heavy atom. The molecule has 0 bridgehead atoms. The number of hydrogen-bond acceptors (Lipinski definition) is 4. The Morgan fingerprint density at radius 1 is 1.05 bits per heavy atom. The van der Waals surface area contributed by atoms with Crippen molar-refractivity contribution in [3.05, 3.63) is 0 Å². The van der Waals surface area contributed by atoms with Crippen molar-refractivity contribution in [3.63, 3.8) is 0 Å². The van der Waals surface area contributed by atoms with Gasteiger partial charge in [-0.2, -0.15) is 0 Å². The van der Waals surface area contributed by atoms with Gasteiger partial charge in [0.25, 0.3) is 0 Å². The average Bonchev–Trinajstić information content (AvgIpc) is 2.76. The van der Waals surface area contributed by atoms with E-state index in [0.717, 1.165) is 32.3 Å². The third kappa shape index (κ3) is 3.35. The fourth-order valence-electron chi connectivity index (χ4n) is 4.40. The molecule has 3 rings (SSSR count). The van der Waals surface area contributed by atoms with E-state index in [9.17, 15) is 0 Å². The van der Waals surface area contributed by atoms with Crippen LogP contribution in [0.15, 0.2) is 0 Å². The zero-order valence-corrected chi connectivity index (χ0v) is 12.7. The van der Waals surface area contributed by atoms with E-state index in [1.807, 2.05) is 0 Å². The maximum atomic E-state index is 9.09. The monoisotopic (exact) mass is 282 g/mol. The predicted molar refractivity (Wildman–Crippen MR) is 79.9 cm³/mol. The second-order valence-electron chi connectivity index (χ2n) is 6.84. The first-order valence-electron chi connectivity index (χ1n) is 8.53. The van der Waals surface area contributed by atoms with Gasteiger partial charge in [0.05, 0.1) is 12.2 Å². The molecule has 0 aromatic carbocycles. The summed E-state index contributed by atoms with van der Waals surface area (Å²) in [4.78, 5) is 5.12. The zero-order chi connectivity index (χ0) is 13.8. The summed E-state index contributed by atoms with van der Waals surface area (Å²) in [7, 11) is 0. The highest BCUT2D eigenvalue weighted by Crippen LogP contribution is 2.41. The molecule has 1 aliphatic carbocycles. The molecule has 1 N–H and O–H groups in total. The fraction of sp³-hybridized carbons (Fsp3) is 1.00. The molecule has 3 fully saturated rings. The minimum Gasteiger partial charge on any atom is -0.395 e. The minimum absolute atomic E-state index is 0.236. The van der Waals surface area contributed by atoms with Crippen LogP contribution in [-0.2, 0) is 4.74 Å². The van der Waals surface area contributed by atoms with Gasteiger partial charge in [-0.3, -0.25) is 9.80 Å². The number of ether oxygens (including phenoxy) is 1. The van der Waals surface area contributed by atoms with E-state index in [0.29, 0.717) is 6.61 Å². The molecule has 2 heterocycles. The van der Waals surface area contributed by atoms with Gasteiger partial charge in [-0.15, -0.1) is 0 Å². The standard InChI is InChI=1S/C16H30N2O2/c19-12-11-17-7-3-8-18(10-9-17)15-4-13-20-16(14-15)5-1-2-6-16/h15,19H,1-14H2. The van der Waals surface area contributed by atoms with Gasteiger partial charge in [0.2, 0.25) is 0 Å². The maximum absolute atomic E-state index is 9.09. The smallest absolute Gasteiger partial charge is 0.0697 e. The molecule has 3 aliphatic rings. The van der Waals surface area contributed by atoms with E-state index in [2.05, 4.69) is 9.80 Å². The van der Waals surface area contributed by atoms with Gasteiger partial charge in [0, 0.05) is 32.3 Å². The van der Waals surface area contributed by atoms with Crippen LogP contribution in [0.5, 0.6) is 0 Å². The maximum Gasteiger partial charge on any atom is 0.0697 e. The third-order valence-electron chi connectivity index (χ3n) is 5.54. The SMILES string of the molecule is OCCN1CCCN(C2CCOC3(CCCC3)C2)CC1. The highest BCUT2D eigenvalue weighted by atomic mass is 16.5. The van der Waals surface area contributed by atoms with Crippen LogP contribution in [0.25, 0.3) is 0 Å². The second kappa shape index (κ2) is 6.73. The molecule has 1 spiro atoms. The molecule has 116 valence electrons. The summed E-state index contributed by atoms with van der Waals surface area (Å²) in [6.07, 6.45) is 9.00. The van der Waals surface area contributed by atoms with E-state index >= 15 is 0 Å². The Bertz CT molecular complexity index is 305. The van der Waals surface area contributed by atoms with Gasteiger partial charge >= 0.3 is 0 Å². The van der Waals surface area contributed by atoms with Crippen molar-refractivity contribution in [2.75, 3.05) is 45.9 Å². The molecule has 0 radical (unpaired) electrons. The summed E-state index contributed by atoms with van der Waals surface area (Å²) < 4.78 is 6.17. The molecule has 1 atom stereocenters. The van der Waals surface area contributed by atoms with E-state index in [-0.39, 0.29) is 5.60 Å². The Labute approximate surface area is 123 Å². The van der Waals surface area contributed by atoms with Gasteiger partial charge in [-0.25, -0.2) is 0 Å². The van der Waals surface area contributed by atoms with Crippen LogP contribution in [0.2, 0.25) is 0 Å². The lowest BCUT2D eigenvalue weighted by Gasteiger charge is -2.42. The molecule has 4 nitrogen and oxygen atoms in total. The first kappa shape index (κ1) is 14.8. The number of rotatable bonds is 3. The van der Waals surface area contributed by atoms with E-state index < -0.39 is 0 Å². The third-order valence-corrected chi connectivity index (χ3v) is 5.54. The fourth-order valence-corrected chi connectivity index (χ4v) is 4.40. The number of β-amino-alcohol motifs (C(OH)–C–C–N with tert-alkyl or cyclic N) is 1. The molecule has 1 saturated carbocycles. The summed E-state index contributed by atoms with van der Waals surface area (Å²) in [6, 6.07) is 0.732. The molecular formula is C16H30N2O2. The summed E-state index contributed by atoms with van der Waals surface area (Å²) in [6.45, 7) is 6.74. The quantitative estimate of drug-likeness (QED) is 0.850. The Hall–Kier alpha value is -0.160. The van der Waals surface area contributed by atoms with Crippen molar-refractivity contribution in [2.45, 2.75) is 56.6 Å². The van der Waals surface area contributed by atoms with E-state index in [1.54, 1.807) is 0 Å². The molecule has 2 aliphatic heterocycles. The van der Waals surface area contributed by atoms with Gasteiger partial charge < -0.3 is 9.84 Å². The zero-order valence-electron chi connectivity index (χ0n) is 12.7. The van der Waals surface area contributed by atoms with E-state index in [1.165, 1.54) is 58.0 Å². The minimum atomic E-state index is 0.236. The normalized spacial score (nSPS) is 32.5. The van der Waals surface area contributed by atoms with Crippen LogP contribution in [0.3, 0.4) is 0 Å². The number of aliphatic hydroxyl groups is 1. The summed E-state index contributed by atoms with van der Waals surface area (Å²) in [5.41, 5.74) is 0.236. The Balaban J connectivity index is 1.55. The van der Waals surface area contributed by atoms with Crippen molar-refractivity contribution < 1.29 is 9.84 Å². The average molecular weight is 282 g/mol. The molecule has 1 unspecified atom stereocenters. The lowest BCUT2D eigenvalue weighted by Crippen LogP contribution is -2.48. The predicted octanol–water partition coefficient (Wildman–Crippen LogP) is 1.48. The van der Waals surface area contributed by atoms with Gasteiger partial charge in [-0.05, 0) is 45.2 Å². The van der Waals surface area contributed by atoms with Gasteiger partial charge in [-0.1, -0.05) is 12.8 Å². The molecule has 0 aromatic heterocycles. The summed E-state index contributed by atoms with van der Waals surface area (Å²) in [5.74, 6) is 0. The molecule has 0 amide bonds.